The zero-order chi connectivity index (χ0) is 8.67. The van der Waals surface area contributed by atoms with Crippen molar-refractivity contribution in [2.45, 2.75) is 0 Å². The Hall–Kier alpha value is -1.41. The second-order valence-electron chi connectivity index (χ2n) is 3.07. The summed E-state index contributed by atoms with van der Waals surface area (Å²) in [6, 6.07) is 12.7. The second kappa shape index (κ2) is 2.54. The molecule has 1 aromatic carbocycles. The number of fused-ring (bicyclic) bond motifs is 3. The monoisotopic (exact) mass is 181 g/mol. The Kier molecular flexibility index (Phi) is 1.37. The zero-order valence-corrected chi connectivity index (χ0v) is 7.99. The van der Waals surface area contributed by atoms with Gasteiger partial charge in [-0.15, -0.1) is 0 Å². The van der Waals surface area contributed by atoms with Gasteiger partial charge in [0, 0.05) is 11.5 Å². The maximum atomic E-state index is 4.39. The van der Waals surface area contributed by atoms with Crippen LogP contribution in [0, 0.1) is 0 Å². The van der Waals surface area contributed by atoms with Crippen molar-refractivity contribution in [2.75, 3.05) is 0 Å². The Balaban J connectivity index is 2.32. The third-order valence-electron chi connectivity index (χ3n) is 2.28. The van der Waals surface area contributed by atoms with Crippen molar-refractivity contribution in [3.05, 3.63) is 42.6 Å². The van der Waals surface area contributed by atoms with Gasteiger partial charge in [0.25, 0.3) is 0 Å². The number of hydrogen-bond donors (Lipinski definition) is 0. The van der Waals surface area contributed by atoms with E-state index in [-0.39, 0.29) is 0 Å². The highest BCUT2D eigenvalue weighted by atomic mass is 28.2. The van der Waals surface area contributed by atoms with Gasteiger partial charge in [0.2, 0.25) is 0 Å². The average Bonchev–Trinajstić information content (AvgIpc) is 2.56. The number of pyridine rings is 1. The highest BCUT2D eigenvalue weighted by molar-refractivity contribution is 6.72. The molecule has 2 heterocycles. The van der Waals surface area contributed by atoms with Crippen molar-refractivity contribution in [2.24, 2.45) is 0 Å². The lowest BCUT2D eigenvalue weighted by molar-refractivity contribution is 1.39. The van der Waals surface area contributed by atoms with Crippen LogP contribution in [-0.4, -0.2) is 14.5 Å². The number of nitrogens with zero attached hydrogens (tertiary/aromatic N) is 1. The molecule has 0 bridgehead atoms. The molecular weight excluding hydrogens is 174 g/mol. The Labute approximate surface area is 79.3 Å². The summed E-state index contributed by atoms with van der Waals surface area (Å²) in [4.78, 5) is 4.39. The van der Waals surface area contributed by atoms with Gasteiger partial charge >= 0.3 is 0 Å². The SMILES string of the molecule is c1ccc2c(c1)[Si]c1ncccc1-2. The Morgan fingerprint density at radius 2 is 1.77 bits per heavy atom. The Bertz CT molecular complexity index is 422. The van der Waals surface area contributed by atoms with Crippen LogP contribution in [0.4, 0.5) is 0 Å². The third-order valence-corrected chi connectivity index (χ3v) is 3.62. The van der Waals surface area contributed by atoms with E-state index in [9.17, 15) is 0 Å². The quantitative estimate of drug-likeness (QED) is 0.466. The summed E-state index contributed by atoms with van der Waals surface area (Å²) >= 11 is 0. The molecule has 2 aromatic rings. The average molecular weight is 181 g/mol. The minimum absolute atomic E-state index is 0.740. The molecule has 0 unspecified atom stereocenters. The fourth-order valence-electron chi connectivity index (χ4n) is 1.68. The summed E-state index contributed by atoms with van der Waals surface area (Å²) in [5.41, 5.74) is 2.68. The van der Waals surface area contributed by atoms with Crippen molar-refractivity contribution < 1.29 is 0 Å². The van der Waals surface area contributed by atoms with E-state index in [1.165, 1.54) is 21.6 Å². The van der Waals surface area contributed by atoms with E-state index in [1.807, 2.05) is 12.3 Å². The summed E-state index contributed by atoms with van der Waals surface area (Å²) in [7, 11) is 0.740. The van der Waals surface area contributed by atoms with Crippen molar-refractivity contribution in [1.82, 2.24) is 4.98 Å². The molecule has 3 rings (SSSR count). The first-order chi connectivity index (χ1) is 6.45. The second-order valence-corrected chi connectivity index (χ2v) is 4.33. The lowest BCUT2D eigenvalue weighted by Gasteiger charge is -1.97. The van der Waals surface area contributed by atoms with Gasteiger partial charge in [-0.1, -0.05) is 30.3 Å². The molecule has 2 heteroatoms. The van der Waals surface area contributed by atoms with Gasteiger partial charge in [0.05, 0.1) is 0 Å². The molecule has 2 radical (unpaired) electrons. The lowest BCUT2D eigenvalue weighted by atomic mass is 10.1. The van der Waals surface area contributed by atoms with E-state index in [4.69, 9.17) is 0 Å². The molecule has 0 atom stereocenters. The van der Waals surface area contributed by atoms with Gasteiger partial charge < -0.3 is 0 Å². The number of rotatable bonds is 0. The molecule has 0 aliphatic carbocycles. The highest BCUT2D eigenvalue weighted by Gasteiger charge is 2.18. The molecule has 1 aliphatic rings. The van der Waals surface area contributed by atoms with Crippen molar-refractivity contribution in [3.63, 3.8) is 0 Å². The standard InChI is InChI=1S/C11H7NSi/c1-2-6-10-8(4-1)9-5-3-7-12-11(9)13-10/h1-7H. The lowest BCUT2D eigenvalue weighted by Crippen LogP contribution is -2.22. The van der Waals surface area contributed by atoms with Gasteiger partial charge in [-0.2, -0.15) is 0 Å². The van der Waals surface area contributed by atoms with Crippen LogP contribution in [0.25, 0.3) is 11.1 Å². The van der Waals surface area contributed by atoms with E-state index in [0.717, 1.165) is 9.52 Å². The first kappa shape index (κ1) is 7.03. The van der Waals surface area contributed by atoms with Crippen LogP contribution in [0.2, 0.25) is 0 Å². The van der Waals surface area contributed by atoms with Crippen LogP contribution in [0.5, 0.6) is 0 Å². The first-order valence-corrected chi connectivity index (χ1v) is 5.26. The molecule has 1 aliphatic heterocycles. The molecule has 0 saturated carbocycles. The maximum absolute atomic E-state index is 4.39. The van der Waals surface area contributed by atoms with Gasteiger partial charge in [0.1, 0.15) is 9.52 Å². The first-order valence-electron chi connectivity index (χ1n) is 4.26. The fourth-order valence-corrected chi connectivity index (χ4v) is 2.96. The summed E-state index contributed by atoms with van der Waals surface area (Å²) in [6.45, 7) is 0. The summed E-state index contributed by atoms with van der Waals surface area (Å²) in [5, 5.41) is 2.67. The van der Waals surface area contributed by atoms with Crippen molar-refractivity contribution in [3.8, 4) is 11.1 Å². The predicted molar refractivity (Wildman–Crippen MR) is 54.7 cm³/mol. The molecular formula is C11H7NSi. The fraction of sp³-hybridized carbons (Fsp3) is 0. The largest absolute Gasteiger partial charge is 0.266 e. The van der Waals surface area contributed by atoms with Crippen LogP contribution in [0.15, 0.2) is 42.6 Å². The normalized spacial score (nSPS) is 12.3. The van der Waals surface area contributed by atoms with Crippen LogP contribution < -0.4 is 10.5 Å². The van der Waals surface area contributed by atoms with Crippen molar-refractivity contribution in [1.29, 1.82) is 0 Å². The van der Waals surface area contributed by atoms with E-state index >= 15 is 0 Å². The molecule has 1 aromatic heterocycles. The minimum atomic E-state index is 0.740. The van der Waals surface area contributed by atoms with E-state index in [2.05, 4.69) is 35.3 Å². The molecule has 0 N–H and O–H groups in total. The summed E-state index contributed by atoms with van der Waals surface area (Å²) in [6.07, 6.45) is 1.87. The smallest absolute Gasteiger partial charge is 0.149 e. The minimum Gasteiger partial charge on any atom is -0.266 e. The predicted octanol–water partition coefficient (Wildman–Crippen LogP) is 0.717. The Morgan fingerprint density at radius 1 is 0.923 bits per heavy atom. The molecule has 13 heavy (non-hydrogen) atoms. The number of benzene rings is 1. The molecule has 0 fully saturated rings. The van der Waals surface area contributed by atoms with Crippen LogP contribution in [-0.2, 0) is 0 Å². The van der Waals surface area contributed by atoms with Gasteiger partial charge in [-0.3, -0.25) is 4.98 Å². The van der Waals surface area contributed by atoms with Crippen LogP contribution >= 0.6 is 0 Å². The molecule has 0 spiro atoms. The number of aromatic nitrogens is 1. The Morgan fingerprint density at radius 3 is 2.77 bits per heavy atom. The zero-order valence-electron chi connectivity index (χ0n) is 6.99. The highest BCUT2D eigenvalue weighted by Crippen LogP contribution is 2.17. The van der Waals surface area contributed by atoms with Gasteiger partial charge in [-0.05, 0) is 22.4 Å². The third kappa shape index (κ3) is 0.955. The molecule has 1 nitrogen and oxygen atoms in total. The van der Waals surface area contributed by atoms with E-state index in [0.29, 0.717) is 0 Å². The molecule has 0 amide bonds. The van der Waals surface area contributed by atoms with E-state index < -0.39 is 0 Å². The molecule has 0 saturated heterocycles. The van der Waals surface area contributed by atoms with Crippen LogP contribution in [0.1, 0.15) is 0 Å². The van der Waals surface area contributed by atoms with Gasteiger partial charge in [0.15, 0.2) is 0 Å². The van der Waals surface area contributed by atoms with Crippen LogP contribution in [0.3, 0.4) is 0 Å². The topological polar surface area (TPSA) is 12.9 Å². The summed E-state index contributed by atoms with van der Waals surface area (Å²) in [5.74, 6) is 0. The molecule has 60 valence electrons. The van der Waals surface area contributed by atoms with E-state index in [1.54, 1.807) is 0 Å². The van der Waals surface area contributed by atoms with Gasteiger partial charge in [-0.25, -0.2) is 0 Å². The number of hydrogen-bond acceptors (Lipinski definition) is 1. The van der Waals surface area contributed by atoms with Crippen molar-refractivity contribution >= 4 is 20.0 Å². The summed E-state index contributed by atoms with van der Waals surface area (Å²) < 4.78 is 0. The maximum Gasteiger partial charge on any atom is 0.149 e.